The minimum Gasteiger partial charge on any atom is -0.449 e. The van der Waals surface area contributed by atoms with Crippen LogP contribution in [0.3, 0.4) is 0 Å². The smallest absolute Gasteiger partial charge is 0.449 e. The van der Waals surface area contributed by atoms with Crippen molar-refractivity contribution >= 4 is 11.8 Å². The normalized spacial score (nSPS) is 9.55. The first-order valence-corrected chi connectivity index (χ1v) is 2.92. The number of rotatable bonds is 1. The van der Waals surface area contributed by atoms with E-state index in [0.717, 1.165) is 0 Å². The zero-order valence-electron chi connectivity index (χ0n) is 5.94. The molecule has 0 fully saturated rings. The summed E-state index contributed by atoms with van der Waals surface area (Å²) in [6.07, 6.45) is 0.226. The van der Waals surface area contributed by atoms with Gasteiger partial charge in [-0.15, -0.1) is 0 Å². The van der Waals surface area contributed by atoms with E-state index in [9.17, 15) is 4.79 Å². The van der Waals surface area contributed by atoms with Crippen LogP contribution in [-0.4, -0.2) is 15.8 Å². The van der Waals surface area contributed by atoms with Crippen LogP contribution >= 0.6 is 0 Å². The third-order valence-electron chi connectivity index (χ3n) is 1.17. The molecule has 60 valence electrons. The molecular weight excluding hydrogens is 148 g/mol. The third-order valence-corrected chi connectivity index (χ3v) is 1.17. The Kier molecular flexibility index (Phi) is 1.72. The van der Waals surface area contributed by atoms with Gasteiger partial charge in [-0.25, -0.2) is 4.79 Å². The molecule has 0 unspecified atom stereocenters. The molecule has 1 aromatic rings. The molecule has 0 saturated carbocycles. The minimum atomic E-state index is -1.34. The SMILES string of the molecule is Cn1cc(N)cc1OC(=O)O. The molecule has 1 aromatic heterocycles. The van der Waals surface area contributed by atoms with E-state index in [1.165, 1.54) is 10.6 Å². The maximum absolute atomic E-state index is 10.1. The van der Waals surface area contributed by atoms with Crippen LogP contribution in [0.15, 0.2) is 12.3 Å². The molecule has 0 aliphatic carbocycles. The van der Waals surface area contributed by atoms with Crippen molar-refractivity contribution in [2.45, 2.75) is 0 Å². The maximum Gasteiger partial charge on any atom is 0.512 e. The Balaban J connectivity index is 2.85. The first-order chi connectivity index (χ1) is 5.09. The average molecular weight is 156 g/mol. The number of hydrogen-bond acceptors (Lipinski definition) is 3. The molecule has 0 spiro atoms. The summed E-state index contributed by atoms with van der Waals surface area (Å²) in [7, 11) is 1.65. The van der Waals surface area contributed by atoms with Crippen molar-refractivity contribution in [2.24, 2.45) is 7.05 Å². The highest BCUT2D eigenvalue weighted by molar-refractivity contribution is 5.61. The van der Waals surface area contributed by atoms with Crippen molar-refractivity contribution in [2.75, 3.05) is 5.73 Å². The number of carboxylic acid groups (broad SMARTS) is 1. The lowest BCUT2D eigenvalue weighted by molar-refractivity contribution is 0.141. The molecule has 11 heavy (non-hydrogen) atoms. The molecule has 0 amide bonds. The second-order valence-corrected chi connectivity index (χ2v) is 2.09. The van der Waals surface area contributed by atoms with Gasteiger partial charge in [-0.1, -0.05) is 0 Å². The topological polar surface area (TPSA) is 77.5 Å². The van der Waals surface area contributed by atoms with Crippen LogP contribution in [0.5, 0.6) is 5.88 Å². The number of nitrogens with zero attached hydrogens (tertiary/aromatic N) is 1. The summed E-state index contributed by atoms with van der Waals surface area (Å²) in [6, 6.07) is 1.44. The number of nitrogen functional groups attached to an aromatic ring is 1. The number of aryl methyl sites for hydroxylation is 1. The Morgan fingerprint density at radius 1 is 1.82 bits per heavy atom. The van der Waals surface area contributed by atoms with E-state index in [0.29, 0.717) is 5.69 Å². The zero-order valence-corrected chi connectivity index (χ0v) is 5.94. The highest BCUT2D eigenvalue weighted by Gasteiger charge is 2.05. The highest BCUT2D eigenvalue weighted by Crippen LogP contribution is 2.16. The van der Waals surface area contributed by atoms with Gasteiger partial charge in [0.15, 0.2) is 0 Å². The Bertz CT molecular complexity index is 279. The Morgan fingerprint density at radius 3 is 2.82 bits per heavy atom. The van der Waals surface area contributed by atoms with E-state index < -0.39 is 6.16 Å². The minimum absolute atomic E-state index is 0.218. The predicted octanol–water partition coefficient (Wildman–Crippen LogP) is 0.664. The van der Waals surface area contributed by atoms with Crippen LogP contribution in [-0.2, 0) is 7.05 Å². The third kappa shape index (κ3) is 1.64. The van der Waals surface area contributed by atoms with E-state index >= 15 is 0 Å². The standard InChI is InChI=1S/C6H8N2O3/c1-8-3-4(7)2-5(8)11-6(9)10/h2-3H,7H2,1H3,(H,9,10). The quantitative estimate of drug-likeness (QED) is 0.585. The van der Waals surface area contributed by atoms with Gasteiger partial charge in [0.25, 0.3) is 0 Å². The maximum atomic E-state index is 10.1. The Morgan fingerprint density at radius 2 is 2.45 bits per heavy atom. The number of aromatic nitrogens is 1. The number of carbonyl (C=O) groups is 1. The fourth-order valence-corrected chi connectivity index (χ4v) is 0.760. The summed E-state index contributed by atoms with van der Waals surface area (Å²) in [6.45, 7) is 0. The molecule has 5 nitrogen and oxygen atoms in total. The lowest BCUT2D eigenvalue weighted by atomic mass is 10.5. The molecule has 0 atom stereocenters. The van der Waals surface area contributed by atoms with Crippen LogP contribution in [0, 0.1) is 0 Å². The van der Waals surface area contributed by atoms with Gasteiger partial charge >= 0.3 is 6.16 Å². The van der Waals surface area contributed by atoms with Gasteiger partial charge in [-0.3, -0.25) is 0 Å². The van der Waals surface area contributed by atoms with Crippen LogP contribution in [0.4, 0.5) is 10.5 Å². The van der Waals surface area contributed by atoms with Gasteiger partial charge in [0.1, 0.15) is 0 Å². The highest BCUT2D eigenvalue weighted by atomic mass is 16.7. The summed E-state index contributed by atoms with van der Waals surface area (Å²) in [5, 5.41) is 8.22. The zero-order chi connectivity index (χ0) is 8.43. The molecule has 0 aliphatic rings. The van der Waals surface area contributed by atoms with Gasteiger partial charge in [0.05, 0.1) is 5.69 Å². The van der Waals surface area contributed by atoms with Crippen LogP contribution in [0.25, 0.3) is 0 Å². The summed E-state index contributed by atoms with van der Waals surface area (Å²) in [5.74, 6) is 0.218. The lowest BCUT2D eigenvalue weighted by Crippen LogP contribution is -2.05. The molecule has 1 rings (SSSR count). The van der Waals surface area contributed by atoms with Crippen molar-refractivity contribution < 1.29 is 14.6 Å². The molecule has 0 aromatic carbocycles. The van der Waals surface area contributed by atoms with E-state index in [1.54, 1.807) is 13.2 Å². The fourth-order valence-electron chi connectivity index (χ4n) is 0.760. The molecule has 0 bridgehead atoms. The van der Waals surface area contributed by atoms with Crippen LogP contribution < -0.4 is 10.5 Å². The first-order valence-electron chi connectivity index (χ1n) is 2.92. The first kappa shape index (κ1) is 7.46. The number of anilines is 1. The van der Waals surface area contributed by atoms with Crippen molar-refractivity contribution in [1.29, 1.82) is 0 Å². The summed E-state index contributed by atoms with van der Waals surface area (Å²) in [5.41, 5.74) is 5.84. The summed E-state index contributed by atoms with van der Waals surface area (Å²) in [4.78, 5) is 10.1. The van der Waals surface area contributed by atoms with Crippen molar-refractivity contribution in [1.82, 2.24) is 4.57 Å². The van der Waals surface area contributed by atoms with Crippen molar-refractivity contribution in [3.8, 4) is 5.88 Å². The second kappa shape index (κ2) is 2.53. The van der Waals surface area contributed by atoms with E-state index in [4.69, 9.17) is 10.8 Å². The van der Waals surface area contributed by atoms with Gasteiger partial charge in [-0.2, -0.15) is 0 Å². The summed E-state index contributed by atoms with van der Waals surface area (Å²) < 4.78 is 5.85. The number of ether oxygens (including phenoxy) is 1. The van der Waals surface area contributed by atoms with Gasteiger partial charge in [0.2, 0.25) is 5.88 Å². The monoisotopic (exact) mass is 156 g/mol. The lowest BCUT2D eigenvalue weighted by Gasteiger charge is -1.98. The summed E-state index contributed by atoms with van der Waals surface area (Å²) >= 11 is 0. The molecule has 0 aliphatic heterocycles. The van der Waals surface area contributed by atoms with Crippen molar-refractivity contribution in [3.05, 3.63) is 12.3 Å². The van der Waals surface area contributed by atoms with Gasteiger partial charge in [0, 0.05) is 19.3 Å². The van der Waals surface area contributed by atoms with E-state index in [1.807, 2.05) is 0 Å². The van der Waals surface area contributed by atoms with E-state index in [-0.39, 0.29) is 5.88 Å². The van der Waals surface area contributed by atoms with Gasteiger partial charge < -0.3 is 20.1 Å². The molecule has 5 heteroatoms. The number of hydrogen-bond donors (Lipinski definition) is 2. The Hall–Kier alpha value is -1.65. The second-order valence-electron chi connectivity index (χ2n) is 2.09. The molecule has 0 saturated heterocycles. The molecular formula is C6H8N2O3. The van der Waals surface area contributed by atoms with Crippen LogP contribution in [0.2, 0.25) is 0 Å². The van der Waals surface area contributed by atoms with E-state index in [2.05, 4.69) is 4.74 Å². The van der Waals surface area contributed by atoms with Crippen molar-refractivity contribution in [3.63, 3.8) is 0 Å². The fraction of sp³-hybridized carbons (Fsp3) is 0.167. The predicted molar refractivity (Wildman–Crippen MR) is 38.5 cm³/mol. The number of nitrogens with two attached hydrogens (primary N) is 1. The Labute approximate surface area is 63.0 Å². The average Bonchev–Trinajstić information content (AvgIpc) is 2.09. The molecule has 0 radical (unpaired) electrons. The van der Waals surface area contributed by atoms with Crippen LogP contribution in [0.1, 0.15) is 0 Å². The molecule has 3 N–H and O–H groups in total. The molecule has 1 heterocycles. The van der Waals surface area contributed by atoms with Gasteiger partial charge in [-0.05, 0) is 0 Å². The largest absolute Gasteiger partial charge is 0.512 e.